The van der Waals surface area contributed by atoms with Crippen molar-refractivity contribution in [3.8, 4) is 11.5 Å². The van der Waals surface area contributed by atoms with Crippen LogP contribution in [0.15, 0.2) is 47.4 Å². The quantitative estimate of drug-likeness (QED) is 0.744. The molecule has 0 unspecified atom stereocenters. The molecular formula is C20H23N2O5S+. The molecule has 0 saturated carbocycles. The number of fused-ring (bicyclic) bond motifs is 1. The van der Waals surface area contributed by atoms with Gasteiger partial charge in [0.15, 0.2) is 17.3 Å². The van der Waals surface area contributed by atoms with Gasteiger partial charge in [-0.3, -0.25) is 4.79 Å². The molecular weight excluding hydrogens is 380 g/mol. The number of nitrogens with zero attached hydrogens (tertiary/aromatic N) is 1. The molecule has 1 saturated heterocycles. The van der Waals surface area contributed by atoms with Crippen molar-refractivity contribution in [3.05, 3.63) is 53.6 Å². The van der Waals surface area contributed by atoms with E-state index in [-0.39, 0.29) is 17.5 Å². The van der Waals surface area contributed by atoms with E-state index >= 15 is 0 Å². The van der Waals surface area contributed by atoms with Crippen LogP contribution >= 0.6 is 0 Å². The molecule has 7 nitrogen and oxygen atoms in total. The number of hydrogen-bond acceptors (Lipinski definition) is 5. The van der Waals surface area contributed by atoms with Crippen LogP contribution in [-0.2, 0) is 16.6 Å². The van der Waals surface area contributed by atoms with E-state index in [1.807, 2.05) is 18.2 Å². The van der Waals surface area contributed by atoms with Crippen LogP contribution in [0, 0.1) is 0 Å². The fourth-order valence-electron chi connectivity index (χ4n) is 3.58. The average molecular weight is 403 g/mol. The van der Waals surface area contributed by atoms with E-state index in [9.17, 15) is 13.2 Å². The number of nitrogens with one attached hydrogen (secondary N) is 1. The van der Waals surface area contributed by atoms with Gasteiger partial charge in [-0.05, 0) is 37.3 Å². The topological polar surface area (TPSA) is 77.4 Å². The highest BCUT2D eigenvalue weighted by atomic mass is 32.2. The maximum atomic E-state index is 12.9. The molecule has 2 heterocycles. The van der Waals surface area contributed by atoms with Gasteiger partial charge in [0.2, 0.25) is 16.8 Å². The number of Topliss-reactive ketones (excluding diaryl/α,β-unsaturated/α-hetero) is 1. The maximum absolute atomic E-state index is 12.9. The third kappa shape index (κ3) is 3.76. The first-order chi connectivity index (χ1) is 13.4. The summed E-state index contributed by atoms with van der Waals surface area (Å²) >= 11 is 0. The monoisotopic (exact) mass is 403 g/mol. The van der Waals surface area contributed by atoms with Crippen molar-refractivity contribution < 1.29 is 27.6 Å². The van der Waals surface area contributed by atoms with Crippen LogP contribution < -0.4 is 14.4 Å². The number of hydrogen-bond donors (Lipinski definition) is 1. The van der Waals surface area contributed by atoms with E-state index in [2.05, 4.69) is 0 Å². The second-order valence-corrected chi connectivity index (χ2v) is 9.04. The summed E-state index contributed by atoms with van der Waals surface area (Å²) in [7, 11) is -3.59. The van der Waals surface area contributed by atoms with Crippen molar-refractivity contribution in [1.29, 1.82) is 0 Å². The number of rotatable bonds is 5. The predicted molar refractivity (Wildman–Crippen MR) is 102 cm³/mol. The molecule has 0 spiro atoms. The Morgan fingerprint density at radius 3 is 2.57 bits per heavy atom. The Labute approximate surface area is 164 Å². The van der Waals surface area contributed by atoms with Gasteiger partial charge in [0.05, 0.1) is 31.1 Å². The Morgan fingerprint density at radius 1 is 1.07 bits per heavy atom. The molecule has 8 heteroatoms. The second-order valence-electron chi connectivity index (χ2n) is 7.10. The Kier molecular flexibility index (Phi) is 5.09. The van der Waals surface area contributed by atoms with Crippen molar-refractivity contribution >= 4 is 15.8 Å². The highest BCUT2D eigenvalue weighted by Crippen LogP contribution is 2.32. The third-order valence-electron chi connectivity index (χ3n) is 5.20. The molecule has 2 aliphatic rings. The summed E-state index contributed by atoms with van der Waals surface area (Å²) in [5.74, 6) is 1.39. The SMILES string of the molecule is CC(=O)c1cccc(S(=O)(=O)N2CC[NH+](Cc3ccc4c(c3)OCO4)CC2)c1. The molecule has 0 amide bonds. The number of ketones is 1. The minimum atomic E-state index is -3.59. The fraction of sp³-hybridized carbons (Fsp3) is 0.350. The molecule has 0 aliphatic carbocycles. The number of carbonyl (C=O) groups excluding carboxylic acids is 1. The van der Waals surface area contributed by atoms with Crippen LogP contribution in [0.1, 0.15) is 22.8 Å². The molecule has 2 aromatic carbocycles. The smallest absolute Gasteiger partial charge is 0.243 e. The van der Waals surface area contributed by atoms with E-state index in [0.29, 0.717) is 18.7 Å². The molecule has 4 rings (SSSR count). The maximum Gasteiger partial charge on any atom is 0.243 e. The lowest BCUT2D eigenvalue weighted by molar-refractivity contribution is -0.917. The lowest BCUT2D eigenvalue weighted by Gasteiger charge is -2.31. The van der Waals surface area contributed by atoms with Crippen LogP contribution in [0.2, 0.25) is 0 Å². The Morgan fingerprint density at radius 2 is 1.82 bits per heavy atom. The van der Waals surface area contributed by atoms with Crippen molar-refractivity contribution in [2.75, 3.05) is 33.0 Å². The Bertz CT molecular complexity index is 997. The molecule has 1 N–H and O–H groups in total. The van der Waals surface area contributed by atoms with E-state index < -0.39 is 10.0 Å². The summed E-state index contributed by atoms with van der Waals surface area (Å²) in [6.07, 6.45) is 0. The second kappa shape index (κ2) is 7.54. The van der Waals surface area contributed by atoms with Crippen LogP contribution in [0.25, 0.3) is 0 Å². The lowest BCUT2D eigenvalue weighted by Crippen LogP contribution is -3.13. The van der Waals surface area contributed by atoms with Crippen LogP contribution in [0.3, 0.4) is 0 Å². The van der Waals surface area contributed by atoms with E-state index in [4.69, 9.17) is 9.47 Å². The van der Waals surface area contributed by atoms with E-state index in [0.717, 1.165) is 36.7 Å². The molecule has 0 bridgehead atoms. The molecule has 0 atom stereocenters. The normalized spacial score (nSPS) is 17.6. The van der Waals surface area contributed by atoms with Crippen LogP contribution in [0.5, 0.6) is 11.5 Å². The first-order valence-corrected chi connectivity index (χ1v) is 10.7. The van der Waals surface area contributed by atoms with Gasteiger partial charge in [-0.1, -0.05) is 12.1 Å². The van der Waals surface area contributed by atoms with Gasteiger partial charge in [0.1, 0.15) is 6.54 Å². The van der Waals surface area contributed by atoms with Crippen LogP contribution in [0.4, 0.5) is 0 Å². The third-order valence-corrected chi connectivity index (χ3v) is 7.09. The molecule has 28 heavy (non-hydrogen) atoms. The minimum absolute atomic E-state index is 0.143. The molecule has 0 aromatic heterocycles. The molecule has 0 radical (unpaired) electrons. The summed E-state index contributed by atoms with van der Waals surface area (Å²) in [5, 5.41) is 0. The average Bonchev–Trinajstić information content (AvgIpc) is 3.16. The lowest BCUT2D eigenvalue weighted by atomic mass is 10.2. The largest absolute Gasteiger partial charge is 0.454 e. The van der Waals surface area contributed by atoms with Gasteiger partial charge in [0.25, 0.3) is 0 Å². The molecule has 2 aromatic rings. The highest BCUT2D eigenvalue weighted by molar-refractivity contribution is 7.89. The van der Waals surface area contributed by atoms with Gasteiger partial charge in [-0.15, -0.1) is 0 Å². The number of carbonyl (C=O) groups is 1. The summed E-state index contributed by atoms with van der Waals surface area (Å²) in [5.41, 5.74) is 1.55. The van der Waals surface area contributed by atoms with Crippen molar-refractivity contribution in [2.45, 2.75) is 18.4 Å². The summed E-state index contributed by atoms with van der Waals surface area (Å²) < 4.78 is 38.1. The number of sulfonamides is 1. The standard InChI is InChI=1S/C20H22N2O5S/c1-15(23)17-3-2-4-18(12-17)28(24,25)22-9-7-21(8-10-22)13-16-5-6-19-20(11-16)27-14-26-19/h2-6,11-12H,7-10,13-14H2,1H3/p+1. The van der Waals surface area contributed by atoms with E-state index in [1.54, 1.807) is 18.2 Å². The predicted octanol–water partition coefficient (Wildman–Crippen LogP) is 0.707. The number of quaternary nitrogens is 1. The van der Waals surface area contributed by atoms with Gasteiger partial charge in [-0.25, -0.2) is 8.42 Å². The zero-order valence-electron chi connectivity index (χ0n) is 15.7. The summed E-state index contributed by atoms with van der Waals surface area (Å²) in [6, 6.07) is 12.2. The molecule has 1 fully saturated rings. The first-order valence-electron chi connectivity index (χ1n) is 9.27. The first kappa shape index (κ1) is 18.9. The zero-order chi connectivity index (χ0) is 19.7. The van der Waals surface area contributed by atoms with Crippen molar-refractivity contribution in [2.24, 2.45) is 0 Å². The zero-order valence-corrected chi connectivity index (χ0v) is 16.5. The van der Waals surface area contributed by atoms with Crippen molar-refractivity contribution in [1.82, 2.24) is 4.31 Å². The summed E-state index contributed by atoms with van der Waals surface area (Å²) in [6.45, 7) is 4.85. The minimum Gasteiger partial charge on any atom is -0.454 e. The Balaban J connectivity index is 1.41. The van der Waals surface area contributed by atoms with E-state index in [1.165, 1.54) is 22.2 Å². The number of ether oxygens (including phenoxy) is 2. The summed E-state index contributed by atoms with van der Waals surface area (Å²) in [4.78, 5) is 13.1. The van der Waals surface area contributed by atoms with Crippen LogP contribution in [-0.4, -0.2) is 51.5 Å². The van der Waals surface area contributed by atoms with Gasteiger partial charge in [0, 0.05) is 11.1 Å². The van der Waals surface area contributed by atoms with Gasteiger partial charge in [-0.2, -0.15) is 4.31 Å². The van der Waals surface area contributed by atoms with Gasteiger partial charge < -0.3 is 14.4 Å². The molecule has 148 valence electrons. The Hall–Kier alpha value is -2.42. The number of piperazine rings is 1. The highest BCUT2D eigenvalue weighted by Gasteiger charge is 2.31. The molecule has 2 aliphatic heterocycles. The fourth-order valence-corrected chi connectivity index (χ4v) is 5.07. The van der Waals surface area contributed by atoms with Crippen molar-refractivity contribution in [3.63, 3.8) is 0 Å². The van der Waals surface area contributed by atoms with Gasteiger partial charge >= 0.3 is 0 Å². The number of benzene rings is 2.